The maximum Gasteiger partial charge on any atom is 0.343 e. The predicted octanol–water partition coefficient (Wildman–Crippen LogP) is 2.28. The van der Waals surface area contributed by atoms with E-state index in [9.17, 15) is 9.90 Å². The van der Waals surface area contributed by atoms with Gasteiger partial charge in [0, 0.05) is 24.8 Å². The molecule has 24 heavy (non-hydrogen) atoms. The molecule has 0 bridgehead atoms. The molecule has 0 aliphatic carbocycles. The summed E-state index contributed by atoms with van der Waals surface area (Å²) in [6.45, 7) is 3.26. The smallest absolute Gasteiger partial charge is 0.343 e. The molecule has 1 unspecified atom stereocenters. The van der Waals surface area contributed by atoms with E-state index in [1.165, 1.54) is 6.20 Å². The van der Waals surface area contributed by atoms with E-state index in [2.05, 4.69) is 9.97 Å². The standard InChI is InChI=1S/C18H21N3O3/c1-2-24-18(23)15-11-19-16(13-7-4-3-5-8-13)20-17(15)21-10-6-9-14(22)12-21/h3-5,7-8,11,14,22H,2,6,9-10,12H2,1H3. The lowest BCUT2D eigenvalue weighted by Gasteiger charge is -2.32. The number of rotatable bonds is 4. The van der Waals surface area contributed by atoms with Crippen LogP contribution in [0.5, 0.6) is 0 Å². The van der Waals surface area contributed by atoms with Crippen LogP contribution in [0.4, 0.5) is 5.82 Å². The molecular formula is C18H21N3O3. The summed E-state index contributed by atoms with van der Waals surface area (Å²) in [4.78, 5) is 23.1. The number of aliphatic hydroxyl groups is 1. The normalized spacial score (nSPS) is 17.6. The Kier molecular flexibility index (Phi) is 5.05. The monoisotopic (exact) mass is 327 g/mol. The lowest BCUT2D eigenvalue weighted by molar-refractivity contribution is 0.0525. The number of esters is 1. The van der Waals surface area contributed by atoms with E-state index in [0.717, 1.165) is 24.9 Å². The zero-order valence-electron chi connectivity index (χ0n) is 13.7. The molecule has 0 amide bonds. The summed E-state index contributed by atoms with van der Waals surface area (Å²) in [5.74, 6) is 0.645. The number of hydrogen-bond acceptors (Lipinski definition) is 6. The molecule has 1 fully saturated rings. The number of piperidine rings is 1. The highest BCUT2D eigenvalue weighted by molar-refractivity contribution is 5.94. The van der Waals surface area contributed by atoms with E-state index in [-0.39, 0.29) is 0 Å². The van der Waals surface area contributed by atoms with Gasteiger partial charge in [-0.05, 0) is 19.8 Å². The van der Waals surface area contributed by atoms with E-state index in [1.54, 1.807) is 6.92 Å². The fourth-order valence-electron chi connectivity index (χ4n) is 2.84. The van der Waals surface area contributed by atoms with Crippen LogP contribution >= 0.6 is 0 Å². The molecule has 6 heteroatoms. The Morgan fingerprint density at radius 3 is 2.88 bits per heavy atom. The van der Waals surface area contributed by atoms with Crippen molar-refractivity contribution in [1.29, 1.82) is 0 Å². The van der Waals surface area contributed by atoms with Crippen LogP contribution in [-0.4, -0.2) is 46.8 Å². The Hall–Kier alpha value is -2.47. The second-order valence-electron chi connectivity index (χ2n) is 5.76. The summed E-state index contributed by atoms with van der Waals surface area (Å²) >= 11 is 0. The van der Waals surface area contributed by atoms with Crippen molar-refractivity contribution >= 4 is 11.8 Å². The maximum atomic E-state index is 12.2. The van der Waals surface area contributed by atoms with Crippen molar-refractivity contribution < 1.29 is 14.6 Å². The van der Waals surface area contributed by atoms with Crippen molar-refractivity contribution in [2.24, 2.45) is 0 Å². The first kappa shape index (κ1) is 16.4. The number of carbonyl (C=O) groups is 1. The highest BCUT2D eigenvalue weighted by Crippen LogP contribution is 2.25. The molecule has 0 spiro atoms. The molecule has 1 aromatic carbocycles. The number of ether oxygens (including phenoxy) is 1. The summed E-state index contributed by atoms with van der Waals surface area (Å²) in [7, 11) is 0. The van der Waals surface area contributed by atoms with E-state index < -0.39 is 12.1 Å². The minimum atomic E-state index is -0.438. The molecule has 6 nitrogen and oxygen atoms in total. The van der Waals surface area contributed by atoms with E-state index in [4.69, 9.17) is 4.74 Å². The van der Waals surface area contributed by atoms with Crippen LogP contribution in [0.1, 0.15) is 30.1 Å². The molecule has 126 valence electrons. The zero-order chi connectivity index (χ0) is 16.9. The van der Waals surface area contributed by atoms with Crippen LogP contribution in [0.25, 0.3) is 11.4 Å². The number of β-amino-alcohol motifs (C(OH)–C–C–N with tert-alkyl or cyclic N) is 1. The van der Waals surface area contributed by atoms with Crippen molar-refractivity contribution in [2.45, 2.75) is 25.9 Å². The number of carbonyl (C=O) groups excluding carboxylic acids is 1. The van der Waals surface area contributed by atoms with Gasteiger partial charge in [-0.15, -0.1) is 0 Å². The number of aromatic nitrogens is 2. The Balaban J connectivity index is 2.01. The second-order valence-corrected chi connectivity index (χ2v) is 5.76. The fourth-order valence-corrected chi connectivity index (χ4v) is 2.84. The molecule has 1 atom stereocenters. The minimum Gasteiger partial charge on any atom is -0.462 e. The van der Waals surface area contributed by atoms with Gasteiger partial charge in [0.25, 0.3) is 0 Å². The molecule has 1 aliphatic rings. The summed E-state index contributed by atoms with van der Waals surface area (Å²) in [6, 6.07) is 9.62. The fraction of sp³-hybridized carbons (Fsp3) is 0.389. The highest BCUT2D eigenvalue weighted by atomic mass is 16.5. The lowest BCUT2D eigenvalue weighted by Crippen LogP contribution is -2.39. The first-order valence-corrected chi connectivity index (χ1v) is 8.21. The van der Waals surface area contributed by atoms with Crippen LogP contribution in [0, 0.1) is 0 Å². The molecule has 1 aliphatic heterocycles. The quantitative estimate of drug-likeness (QED) is 0.868. The van der Waals surface area contributed by atoms with E-state index in [1.807, 2.05) is 35.2 Å². The number of nitrogens with zero attached hydrogens (tertiary/aromatic N) is 3. The molecule has 2 heterocycles. The number of hydrogen-bond donors (Lipinski definition) is 1. The molecule has 0 radical (unpaired) electrons. The Morgan fingerprint density at radius 1 is 1.38 bits per heavy atom. The second kappa shape index (κ2) is 7.40. The van der Waals surface area contributed by atoms with Gasteiger partial charge >= 0.3 is 5.97 Å². The SMILES string of the molecule is CCOC(=O)c1cnc(-c2ccccc2)nc1N1CCCC(O)C1. The van der Waals surface area contributed by atoms with Crippen LogP contribution in [0.2, 0.25) is 0 Å². The van der Waals surface area contributed by atoms with Crippen LogP contribution in [0.3, 0.4) is 0 Å². The molecule has 1 aromatic heterocycles. The van der Waals surface area contributed by atoms with Gasteiger partial charge in [0.15, 0.2) is 5.82 Å². The molecule has 1 N–H and O–H groups in total. The average molecular weight is 327 g/mol. The third-order valence-electron chi connectivity index (χ3n) is 3.99. The Labute approximate surface area is 141 Å². The largest absolute Gasteiger partial charge is 0.462 e. The molecule has 3 rings (SSSR count). The molecule has 1 saturated heterocycles. The first-order chi connectivity index (χ1) is 11.7. The Bertz CT molecular complexity index is 706. The van der Waals surface area contributed by atoms with Gasteiger partial charge in [0.05, 0.1) is 12.7 Å². The third-order valence-corrected chi connectivity index (χ3v) is 3.99. The minimum absolute atomic E-state index is 0.293. The van der Waals surface area contributed by atoms with Gasteiger partial charge in [-0.25, -0.2) is 14.8 Å². The number of aliphatic hydroxyl groups excluding tert-OH is 1. The molecular weight excluding hydrogens is 306 g/mol. The van der Waals surface area contributed by atoms with Gasteiger partial charge in [0.1, 0.15) is 11.4 Å². The topological polar surface area (TPSA) is 75.5 Å². The van der Waals surface area contributed by atoms with Gasteiger partial charge < -0.3 is 14.7 Å². The maximum absolute atomic E-state index is 12.2. The van der Waals surface area contributed by atoms with Crippen molar-refractivity contribution in [3.8, 4) is 11.4 Å². The van der Waals surface area contributed by atoms with Gasteiger partial charge in [-0.2, -0.15) is 0 Å². The van der Waals surface area contributed by atoms with E-state index >= 15 is 0 Å². The van der Waals surface area contributed by atoms with Gasteiger partial charge in [-0.3, -0.25) is 0 Å². The summed E-state index contributed by atoms with van der Waals surface area (Å²) in [5.41, 5.74) is 1.22. The average Bonchev–Trinajstić information content (AvgIpc) is 2.62. The van der Waals surface area contributed by atoms with Crippen molar-refractivity contribution in [3.63, 3.8) is 0 Å². The summed E-state index contributed by atoms with van der Waals surface area (Å²) in [6.07, 6.45) is 2.73. The van der Waals surface area contributed by atoms with Crippen molar-refractivity contribution in [1.82, 2.24) is 9.97 Å². The first-order valence-electron chi connectivity index (χ1n) is 8.21. The van der Waals surface area contributed by atoms with Crippen LogP contribution < -0.4 is 4.90 Å². The third kappa shape index (κ3) is 3.54. The zero-order valence-corrected chi connectivity index (χ0v) is 13.7. The molecule has 0 saturated carbocycles. The van der Waals surface area contributed by atoms with E-state index in [0.29, 0.717) is 30.4 Å². The summed E-state index contributed by atoms with van der Waals surface area (Å²) in [5, 5.41) is 9.96. The molecule has 2 aromatic rings. The summed E-state index contributed by atoms with van der Waals surface area (Å²) < 4.78 is 5.12. The van der Waals surface area contributed by atoms with Crippen LogP contribution in [0.15, 0.2) is 36.5 Å². The van der Waals surface area contributed by atoms with Crippen molar-refractivity contribution in [3.05, 3.63) is 42.1 Å². The Morgan fingerprint density at radius 2 is 2.17 bits per heavy atom. The van der Waals surface area contributed by atoms with Gasteiger partial charge in [-0.1, -0.05) is 30.3 Å². The number of benzene rings is 1. The lowest BCUT2D eigenvalue weighted by atomic mass is 10.1. The van der Waals surface area contributed by atoms with Gasteiger partial charge in [0.2, 0.25) is 0 Å². The number of anilines is 1. The van der Waals surface area contributed by atoms with Crippen molar-refractivity contribution in [2.75, 3.05) is 24.6 Å². The predicted molar refractivity (Wildman–Crippen MR) is 90.9 cm³/mol. The highest BCUT2D eigenvalue weighted by Gasteiger charge is 2.25. The van der Waals surface area contributed by atoms with Crippen LogP contribution in [-0.2, 0) is 4.74 Å².